The molecule has 0 aromatic heterocycles. The second-order valence-electron chi connectivity index (χ2n) is 7.09. The van der Waals surface area contributed by atoms with Crippen molar-refractivity contribution in [2.75, 3.05) is 50.8 Å². The highest BCUT2D eigenvalue weighted by Gasteiger charge is 2.32. The highest BCUT2D eigenvalue weighted by Crippen LogP contribution is 2.26. The third-order valence-electron chi connectivity index (χ3n) is 4.99. The van der Waals surface area contributed by atoms with Gasteiger partial charge in [0.15, 0.2) is 21.4 Å². The molecule has 0 spiro atoms. The molecule has 1 aromatic rings. The monoisotopic (exact) mass is 425 g/mol. The van der Waals surface area contributed by atoms with Crippen molar-refractivity contribution in [2.24, 2.45) is 0 Å². The van der Waals surface area contributed by atoms with Gasteiger partial charge in [0, 0.05) is 51.9 Å². The van der Waals surface area contributed by atoms with Crippen molar-refractivity contribution in [1.82, 2.24) is 15.1 Å². The SMILES string of the molecule is O=S1(=O)CCN(C[C@H]2CNCCN2Cc2ccc(OC(F)(F)F)c(F)c2)CC1. The first-order valence-corrected chi connectivity index (χ1v) is 10.9. The van der Waals surface area contributed by atoms with E-state index >= 15 is 0 Å². The lowest BCUT2D eigenvalue weighted by Crippen LogP contribution is -2.56. The van der Waals surface area contributed by atoms with Crippen LogP contribution in [0.4, 0.5) is 17.6 Å². The van der Waals surface area contributed by atoms with Gasteiger partial charge in [-0.1, -0.05) is 6.07 Å². The van der Waals surface area contributed by atoms with Crippen LogP contribution in [0.2, 0.25) is 0 Å². The Morgan fingerprint density at radius 3 is 2.54 bits per heavy atom. The summed E-state index contributed by atoms with van der Waals surface area (Å²) in [6.45, 7) is 4.22. The molecule has 6 nitrogen and oxygen atoms in total. The van der Waals surface area contributed by atoms with Crippen LogP contribution in [0.3, 0.4) is 0 Å². The molecule has 0 bridgehead atoms. The second kappa shape index (κ2) is 8.52. The van der Waals surface area contributed by atoms with Crippen LogP contribution in [0.15, 0.2) is 18.2 Å². The Morgan fingerprint density at radius 1 is 1.18 bits per heavy atom. The Bertz CT molecular complexity index is 774. The van der Waals surface area contributed by atoms with Crippen molar-refractivity contribution in [2.45, 2.75) is 18.9 Å². The number of piperazine rings is 1. The van der Waals surface area contributed by atoms with Crippen molar-refractivity contribution < 1.29 is 30.7 Å². The molecule has 2 heterocycles. The lowest BCUT2D eigenvalue weighted by Gasteiger charge is -2.40. The maximum atomic E-state index is 14.0. The fourth-order valence-corrected chi connectivity index (χ4v) is 4.78. The van der Waals surface area contributed by atoms with E-state index in [2.05, 4.69) is 19.9 Å². The predicted octanol–water partition coefficient (Wildman–Crippen LogP) is 1.23. The molecule has 3 rings (SSSR count). The molecule has 28 heavy (non-hydrogen) atoms. The number of nitrogens with one attached hydrogen (secondary N) is 1. The van der Waals surface area contributed by atoms with E-state index in [0.717, 1.165) is 18.7 Å². The highest BCUT2D eigenvalue weighted by atomic mass is 32.2. The maximum absolute atomic E-state index is 14.0. The summed E-state index contributed by atoms with van der Waals surface area (Å²) in [6.07, 6.45) is -4.94. The van der Waals surface area contributed by atoms with E-state index in [4.69, 9.17) is 0 Å². The van der Waals surface area contributed by atoms with Gasteiger partial charge in [-0.15, -0.1) is 13.2 Å². The van der Waals surface area contributed by atoms with Crippen LogP contribution in [0.5, 0.6) is 5.75 Å². The first kappa shape index (κ1) is 21.3. The minimum absolute atomic E-state index is 0.101. The quantitative estimate of drug-likeness (QED) is 0.717. The summed E-state index contributed by atoms with van der Waals surface area (Å²) >= 11 is 0. The zero-order valence-electron chi connectivity index (χ0n) is 15.2. The Hall–Kier alpha value is -1.43. The fraction of sp³-hybridized carbons (Fsp3) is 0.647. The average Bonchev–Trinajstić information content (AvgIpc) is 2.60. The Morgan fingerprint density at radius 2 is 1.89 bits per heavy atom. The van der Waals surface area contributed by atoms with Crippen molar-refractivity contribution >= 4 is 9.84 Å². The van der Waals surface area contributed by atoms with Crippen LogP contribution in [-0.4, -0.2) is 81.4 Å². The largest absolute Gasteiger partial charge is 0.573 e. The van der Waals surface area contributed by atoms with Gasteiger partial charge in [0.1, 0.15) is 0 Å². The summed E-state index contributed by atoms with van der Waals surface area (Å²) in [4.78, 5) is 4.24. The Balaban J connectivity index is 1.62. The van der Waals surface area contributed by atoms with E-state index in [1.54, 1.807) is 0 Å². The number of ether oxygens (including phenoxy) is 1. The second-order valence-corrected chi connectivity index (χ2v) is 9.40. The van der Waals surface area contributed by atoms with Gasteiger partial charge in [-0.3, -0.25) is 9.80 Å². The fourth-order valence-electron chi connectivity index (χ4n) is 3.51. The zero-order valence-corrected chi connectivity index (χ0v) is 16.0. The minimum atomic E-state index is -4.94. The van der Waals surface area contributed by atoms with Gasteiger partial charge in [0.25, 0.3) is 0 Å². The molecule has 1 atom stereocenters. The number of alkyl halides is 3. The smallest absolute Gasteiger partial charge is 0.403 e. The van der Waals surface area contributed by atoms with Gasteiger partial charge in [-0.25, -0.2) is 12.8 Å². The summed E-state index contributed by atoms with van der Waals surface area (Å²) in [5, 5.41) is 3.30. The van der Waals surface area contributed by atoms with E-state index in [9.17, 15) is 26.0 Å². The van der Waals surface area contributed by atoms with Gasteiger partial charge < -0.3 is 10.1 Å². The first-order chi connectivity index (χ1) is 13.1. The molecular formula is C17H23F4N3O3S. The molecule has 11 heteroatoms. The number of nitrogens with zero attached hydrogens (tertiary/aromatic N) is 2. The molecule has 2 saturated heterocycles. The topological polar surface area (TPSA) is 61.9 Å². The van der Waals surface area contributed by atoms with Crippen LogP contribution in [0.1, 0.15) is 5.56 Å². The van der Waals surface area contributed by atoms with Crippen LogP contribution in [0.25, 0.3) is 0 Å². The lowest BCUT2D eigenvalue weighted by atomic mass is 10.1. The first-order valence-electron chi connectivity index (χ1n) is 9.03. The van der Waals surface area contributed by atoms with Gasteiger partial charge in [-0.05, 0) is 17.7 Å². The molecule has 2 aliphatic heterocycles. The van der Waals surface area contributed by atoms with Crippen molar-refractivity contribution in [3.8, 4) is 5.75 Å². The van der Waals surface area contributed by atoms with E-state index in [0.29, 0.717) is 44.8 Å². The third-order valence-corrected chi connectivity index (χ3v) is 6.59. The molecule has 0 unspecified atom stereocenters. The zero-order chi connectivity index (χ0) is 20.4. The van der Waals surface area contributed by atoms with Gasteiger partial charge in [-0.2, -0.15) is 0 Å². The van der Waals surface area contributed by atoms with E-state index in [-0.39, 0.29) is 17.5 Å². The third kappa shape index (κ3) is 6.03. The maximum Gasteiger partial charge on any atom is 0.573 e. The van der Waals surface area contributed by atoms with Crippen LogP contribution in [0, 0.1) is 5.82 Å². The van der Waals surface area contributed by atoms with Crippen molar-refractivity contribution in [1.29, 1.82) is 0 Å². The Kier molecular flexibility index (Phi) is 6.47. The molecule has 2 fully saturated rings. The molecule has 0 amide bonds. The summed E-state index contributed by atoms with van der Waals surface area (Å²) in [7, 11) is -2.95. The normalized spacial score (nSPS) is 24.2. The molecule has 1 aromatic carbocycles. The summed E-state index contributed by atoms with van der Waals surface area (Å²) in [6, 6.07) is 3.58. The number of sulfone groups is 1. The molecule has 1 N–H and O–H groups in total. The standard InChI is InChI=1S/C17H23F4N3O3S/c18-15-9-13(1-2-16(15)27-17(19,20)21)11-24-4-3-22-10-14(24)12-23-5-7-28(25,26)8-6-23/h1-2,9,14,22H,3-8,10-12H2/t14-/m1/s1. The molecule has 0 radical (unpaired) electrons. The molecule has 158 valence electrons. The number of halogens is 4. The van der Waals surface area contributed by atoms with Crippen LogP contribution >= 0.6 is 0 Å². The Labute approximate surface area is 161 Å². The van der Waals surface area contributed by atoms with Gasteiger partial charge >= 0.3 is 6.36 Å². The van der Waals surface area contributed by atoms with Crippen LogP contribution < -0.4 is 10.1 Å². The number of hydrogen-bond acceptors (Lipinski definition) is 6. The highest BCUT2D eigenvalue weighted by molar-refractivity contribution is 7.91. The molecule has 0 saturated carbocycles. The van der Waals surface area contributed by atoms with Crippen molar-refractivity contribution in [3.63, 3.8) is 0 Å². The number of hydrogen-bond donors (Lipinski definition) is 1. The molecular weight excluding hydrogens is 402 g/mol. The average molecular weight is 425 g/mol. The van der Waals surface area contributed by atoms with Gasteiger partial charge in [0.2, 0.25) is 0 Å². The van der Waals surface area contributed by atoms with E-state index < -0.39 is 27.8 Å². The predicted molar refractivity (Wildman–Crippen MR) is 95.2 cm³/mol. The van der Waals surface area contributed by atoms with E-state index in [1.807, 2.05) is 0 Å². The summed E-state index contributed by atoms with van der Waals surface area (Å²) in [5.41, 5.74) is 0.556. The van der Waals surface area contributed by atoms with E-state index in [1.165, 1.54) is 6.07 Å². The van der Waals surface area contributed by atoms with Crippen molar-refractivity contribution in [3.05, 3.63) is 29.6 Å². The minimum Gasteiger partial charge on any atom is -0.403 e. The number of benzene rings is 1. The molecule has 0 aliphatic carbocycles. The number of rotatable bonds is 5. The van der Waals surface area contributed by atoms with Crippen LogP contribution in [-0.2, 0) is 16.4 Å². The van der Waals surface area contributed by atoms with Gasteiger partial charge in [0.05, 0.1) is 11.5 Å². The molecule has 2 aliphatic rings. The summed E-state index contributed by atoms with van der Waals surface area (Å²) < 4.78 is 77.6. The summed E-state index contributed by atoms with van der Waals surface area (Å²) in [5.74, 6) is -1.59. The lowest BCUT2D eigenvalue weighted by molar-refractivity contribution is -0.275.